The minimum absolute atomic E-state index is 0. The molecule has 3 aliphatic rings. The predicted octanol–water partition coefficient (Wildman–Crippen LogP) is 5.30. The highest BCUT2D eigenvalue weighted by Crippen LogP contribution is 2.45. The number of rotatable bonds is 3. The summed E-state index contributed by atoms with van der Waals surface area (Å²) < 4.78 is 2.43. The van der Waals surface area contributed by atoms with E-state index in [-0.39, 0.29) is 24.2 Å². The van der Waals surface area contributed by atoms with Crippen molar-refractivity contribution in [3.63, 3.8) is 0 Å². The molecule has 0 spiro atoms. The maximum atomic E-state index is 13.2. The van der Waals surface area contributed by atoms with E-state index in [0.717, 1.165) is 38.1 Å². The molecule has 2 aromatic rings. The topological polar surface area (TPSA) is 37.3 Å². The molecular formula is C26H38ClN3O. The van der Waals surface area contributed by atoms with Gasteiger partial charge in [-0.3, -0.25) is 4.79 Å². The molecule has 1 aromatic heterocycles. The van der Waals surface area contributed by atoms with E-state index in [2.05, 4.69) is 67.0 Å². The lowest BCUT2D eigenvalue weighted by atomic mass is 9.72. The van der Waals surface area contributed by atoms with Crippen molar-refractivity contribution in [1.29, 1.82) is 0 Å². The van der Waals surface area contributed by atoms with Gasteiger partial charge in [-0.2, -0.15) is 0 Å². The summed E-state index contributed by atoms with van der Waals surface area (Å²) in [4.78, 5) is 15.7. The van der Waals surface area contributed by atoms with Gasteiger partial charge in [-0.15, -0.1) is 12.4 Å². The number of amides is 1. The summed E-state index contributed by atoms with van der Waals surface area (Å²) in [6.45, 7) is 7.74. The van der Waals surface area contributed by atoms with Crippen LogP contribution < -0.4 is 5.32 Å². The van der Waals surface area contributed by atoms with Crippen LogP contribution in [0.4, 0.5) is 0 Å². The average Bonchev–Trinajstić information content (AvgIpc) is 3.10. The van der Waals surface area contributed by atoms with E-state index in [1.54, 1.807) is 0 Å². The van der Waals surface area contributed by atoms with E-state index < -0.39 is 0 Å². The molecule has 1 saturated carbocycles. The Morgan fingerprint density at radius 1 is 1.16 bits per heavy atom. The molecule has 4 nitrogen and oxygen atoms in total. The fourth-order valence-corrected chi connectivity index (χ4v) is 6.41. The second-order valence-corrected chi connectivity index (χ2v) is 10.6. The number of hydrogen-bond acceptors (Lipinski definition) is 2. The van der Waals surface area contributed by atoms with Crippen LogP contribution in [0.15, 0.2) is 24.4 Å². The molecule has 31 heavy (non-hydrogen) atoms. The van der Waals surface area contributed by atoms with Crippen LogP contribution in [0.2, 0.25) is 0 Å². The molecule has 5 rings (SSSR count). The Morgan fingerprint density at radius 3 is 2.61 bits per heavy atom. The van der Waals surface area contributed by atoms with Crippen LogP contribution in [-0.2, 0) is 11.2 Å². The molecule has 0 radical (unpaired) electrons. The Morgan fingerprint density at radius 2 is 1.90 bits per heavy atom. The summed E-state index contributed by atoms with van der Waals surface area (Å²) in [6, 6.07) is 8.17. The molecule has 0 bridgehead atoms. The number of nitrogens with one attached hydrogen (secondary N) is 1. The van der Waals surface area contributed by atoms with E-state index in [1.807, 2.05) is 0 Å². The van der Waals surface area contributed by atoms with Crippen molar-refractivity contribution in [2.75, 3.05) is 13.6 Å². The number of likely N-dealkylation sites (N-methyl/N-ethyl adjacent to an activating group) is 1. The third-order valence-corrected chi connectivity index (χ3v) is 8.16. The number of piperidine rings is 1. The van der Waals surface area contributed by atoms with Gasteiger partial charge in [0.25, 0.3) is 0 Å². The van der Waals surface area contributed by atoms with E-state index >= 15 is 0 Å². The number of fused-ring (bicyclic) bond motifs is 2. The van der Waals surface area contributed by atoms with Gasteiger partial charge in [0, 0.05) is 47.7 Å². The minimum Gasteiger partial charge on any atom is -0.353 e. The molecule has 1 saturated heterocycles. The lowest BCUT2D eigenvalue weighted by Crippen LogP contribution is -2.52. The molecule has 5 heteroatoms. The first-order chi connectivity index (χ1) is 14.4. The van der Waals surface area contributed by atoms with Crippen molar-refractivity contribution in [1.82, 2.24) is 14.8 Å². The van der Waals surface area contributed by atoms with Crippen LogP contribution >= 0.6 is 12.4 Å². The molecule has 2 aliphatic carbocycles. The van der Waals surface area contributed by atoms with Crippen LogP contribution in [-0.4, -0.2) is 41.1 Å². The lowest BCUT2D eigenvalue weighted by Gasteiger charge is -2.45. The zero-order chi connectivity index (χ0) is 21.0. The lowest BCUT2D eigenvalue weighted by molar-refractivity contribution is -0.128. The summed E-state index contributed by atoms with van der Waals surface area (Å²) in [5, 5.41) is 4.88. The number of carbonyl (C=O) groups excluding carboxylic acids is 1. The van der Waals surface area contributed by atoms with Gasteiger partial charge in [0.2, 0.25) is 5.91 Å². The maximum absolute atomic E-state index is 13.2. The molecule has 1 N–H and O–H groups in total. The van der Waals surface area contributed by atoms with E-state index in [1.165, 1.54) is 34.9 Å². The zero-order valence-corrected chi connectivity index (χ0v) is 20.3. The van der Waals surface area contributed by atoms with Crippen molar-refractivity contribution in [2.24, 2.45) is 11.8 Å². The smallest absolute Gasteiger partial charge is 0.224 e. The number of nitrogens with zero attached hydrogens (tertiary/aromatic N) is 2. The quantitative estimate of drug-likeness (QED) is 0.698. The number of hydrogen-bond donors (Lipinski definition) is 1. The number of aromatic nitrogens is 1. The molecule has 170 valence electrons. The fraction of sp³-hybridized carbons (Fsp3) is 0.654. The van der Waals surface area contributed by atoms with Crippen LogP contribution in [0, 0.1) is 11.8 Å². The molecule has 0 unspecified atom stereocenters. The van der Waals surface area contributed by atoms with E-state index in [4.69, 9.17) is 0 Å². The first-order valence-electron chi connectivity index (χ1n) is 12.0. The summed E-state index contributed by atoms with van der Waals surface area (Å²) in [5.74, 6) is 1.65. The van der Waals surface area contributed by atoms with Gasteiger partial charge < -0.3 is 14.8 Å². The molecule has 1 aromatic carbocycles. The molecular weight excluding hydrogens is 406 g/mol. The van der Waals surface area contributed by atoms with Crippen LogP contribution in [0.1, 0.15) is 76.0 Å². The van der Waals surface area contributed by atoms with Crippen molar-refractivity contribution >= 4 is 29.2 Å². The van der Waals surface area contributed by atoms with Crippen LogP contribution in [0.5, 0.6) is 0 Å². The van der Waals surface area contributed by atoms with Gasteiger partial charge in [0.1, 0.15) is 0 Å². The zero-order valence-electron chi connectivity index (χ0n) is 19.4. The SMILES string of the molecule is CC1CCC(NC(=O)[C@@H]2C[C@@H]3c4cccc5c4c(cn5C(C)C)C[C@H]3N(C)C2)CC1.Cl. The Balaban J connectivity index is 0.00000231. The Bertz CT molecular complexity index is 944. The molecule has 2 heterocycles. The maximum Gasteiger partial charge on any atom is 0.224 e. The number of benzene rings is 1. The number of carbonyl (C=O) groups is 1. The third-order valence-electron chi connectivity index (χ3n) is 8.16. The Kier molecular flexibility index (Phi) is 6.42. The van der Waals surface area contributed by atoms with Crippen molar-refractivity contribution in [3.8, 4) is 0 Å². The standard InChI is InChI=1S/C26H37N3O.ClH/c1-16(2)29-15-18-13-24-22(21-6-5-7-23(29)25(18)21)12-19(14-28(24)4)26(30)27-20-10-8-17(3)9-11-20;/h5-7,15-17,19-20,22,24H,8-14H2,1-4H3,(H,27,30);1H/t17?,19-,20?,22-,24-;/m1./s1. The molecule has 1 aliphatic heterocycles. The second kappa shape index (κ2) is 8.78. The summed E-state index contributed by atoms with van der Waals surface area (Å²) >= 11 is 0. The summed E-state index contributed by atoms with van der Waals surface area (Å²) in [6.07, 6.45) is 9.25. The van der Waals surface area contributed by atoms with Gasteiger partial charge in [-0.1, -0.05) is 19.1 Å². The van der Waals surface area contributed by atoms with Gasteiger partial charge in [0.15, 0.2) is 0 Å². The number of halogens is 1. The molecule has 1 amide bonds. The summed E-state index contributed by atoms with van der Waals surface area (Å²) in [5.41, 5.74) is 4.32. The monoisotopic (exact) mass is 443 g/mol. The van der Waals surface area contributed by atoms with Gasteiger partial charge in [-0.05, 0) is 82.5 Å². The van der Waals surface area contributed by atoms with Gasteiger partial charge in [0.05, 0.1) is 5.92 Å². The predicted molar refractivity (Wildman–Crippen MR) is 130 cm³/mol. The van der Waals surface area contributed by atoms with Crippen molar-refractivity contribution < 1.29 is 4.79 Å². The normalized spacial score (nSPS) is 30.7. The van der Waals surface area contributed by atoms with Crippen molar-refractivity contribution in [2.45, 2.75) is 83.3 Å². The van der Waals surface area contributed by atoms with Crippen molar-refractivity contribution in [3.05, 3.63) is 35.5 Å². The first kappa shape index (κ1) is 22.7. The fourth-order valence-electron chi connectivity index (χ4n) is 6.41. The highest BCUT2D eigenvalue weighted by atomic mass is 35.5. The first-order valence-corrected chi connectivity index (χ1v) is 12.0. The van der Waals surface area contributed by atoms with Gasteiger partial charge in [-0.25, -0.2) is 0 Å². The van der Waals surface area contributed by atoms with E-state index in [0.29, 0.717) is 24.0 Å². The van der Waals surface area contributed by atoms with Crippen LogP contribution in [0.3, 0.4) is 0 Å². The molecule has 3 atom stereocenters. The highest BCUT2D eigenvalue weighted by Gasteiger charge is 2.42. The number of likely N-dealkylation sites (tertiary alicyclic amines) is 1. The average molecular weight is 444 g/mol. The third kappa shape index (κ3) is 4.02. The largest absolute Gasteiger partial charge is 0.353 e. The summed E-state index contributed by atoms with van der Waals surface area (Å²) in [7, 11) is 2.23. The second-order valence-electron chi connectivity index (χ2n) is 10.6. The Labute approximate surface area is 193 Å². The highest BCUT2D eigenvalue weighted by molar-refractivity contribution is 5.89. The minimum atomic E-state index is 0. The van der Waals surface area contributed by atoms with Crippen LogP contribution in [0.25, 0.3) is 10.9 Å². The van der Waals surface area contributed by atoms with Gasteiger partial charge >= 0.3 is 0 Å². The Hall–Kier alpha value is -1.52. The van der Waals surface area contributed by atoms with E-state index in [9.17, 15) is 4.79 Å². The molecule has 2 fully saturated rings.